The van der Waals surface area contributed by atoms with E-state index in [0.717, 1.165) is 27.1 Å². The van der Waals surface area contributed by atoms with Gasteiger partial charge in [-0.2, -0.15) is 0 Å². The molecule has 0 saturated carbocycles. The van der Waals surface area contributed by atoms with Gasteiger partial charge in [-0.15, -0.1) is 0 Å². The molecule has 0 heterocycles. The van der Waals surface area contributed by atoms with Crippen LogP contribution in [-0.2, 0) is 0 Å². The van der Waals surface area contributed by atoms with Crippen molar-refractivity contribution < 1.29 is 4.39 Å². The van der Waals surface area contributed by atoms with Gasteiger partial charge in [0.1, 0.15) is 5.82 Å². The second kappa shape index (κ2) is 5.28. The van der Waals surface area contributed by atoms with E-state index in [1.807, 2.05) is 19.1 Å². The lowest BCUT2D eigenvalue weighted by Gasteiger charge is -2.11. The minimum Gasteiger partial charge on any atom is -0.398 e. The van der Waals surface area contributed by atoms with Gasteiger partial charge < -0.3 is 11.1 Å². The first kappa shape index (κ1) is 13.4. The lowest BCUT2D eigenvalue weighted by Crippen LogP contribution is -1.96. The third kappa shape index (κ3) is 2.84. The summed E-state index contributed by atoms with van der Waals surface area (Å²) < 4.78 is 14.4. The van der Waals surface area contributed by atoms with E-state index in [-0.39, 0.29) is 5.82 Å². The number of halogens is 3. The minimum absolute atomic E-state index is 0.284. The van der Waals surface area contributed by atoms with Crippen molar-refractivity contribution in [3.8, 4) is 0 Å². The Bertz CT molecular complexity index is 600. The monoisotopic (exact) mass is 372 g/mol. The fourth-order valence-electron chi connectivity index (χ4n) is 1.52. The van der Waals surface area contributed by atoms with Gasteiger partial charge in [0.2, 0.25) is 0 Å². The van der Waals surface area contributed by atoms with E-state index in [9.17, 15) is 4.39 Å². The summed E-state index contributed by atoms with van der Waals surface area (Å²) in [6, 6.07) is 8.56. The van der Waals surface area contributed by atoms with Crippen LogP contribution in [0.2, 0.25) is 0 Å². The third-order valence-electron chi connectivity index (χ3n) is 2.55. The summed E-state index contributed by atoms with van der Waals surface area (Å²) >= 11 is 6.60. The van der Waals surface area contributed by atoms with Crippen LogP contribution >= 0.6 is 31.9 Å². The lowest BCUT2D eigenvalue weighted by molar-refractivity contribution is 0.621. The van der Waals surface area contributed by atoms with Gasteiger partial charge in [-0.3, -0.25) is 0 Å². The molecule has 0 radical (unpaired) electrons. The number of nitrogens with two attached hydrogens (primary N) is 1. The van der Waals surface area contributed by atoms with Gasteiger partial charge in [0.25, 0.3) is 0 Å². The highest BCUT2D eigenvalue weighted by Gasteiger charge is 2.05. The molecule has 0 aromatic heterocycles. The number of hydrogen-bond acceptors (Lipinski definition) is 2. The fraction of sp³-hybridized carbons (Fsp3) is 0.0769. The summed E-state index contributed by atoms with van der Waals surface area (Å²) in [4.78, 5) is 0. The van der Waals surface area contributed by atoms with Crippen molar-refractivity contribution in [2.45, 2.75) is 6.92 Å². The predicted molar refractivity (Wildman–Crippen MR) is 80.7 cm³/mol. The van der Waals surface area contributed by atoms with E-state index in [0.29, 0.717) is 4.47 Å². The highest BCUT2D eigenvalue weighted by molar-refractivity contribution is 9.10. The number of hydrogen-bond donors (Lipinski definition) is 2. The first-order valence-corrected chi connectivity index (χ1v) is 6.83. The molecule has 0 fully saturated rings. The average molecular weight is 374 g/mol. The Labute approximate surface area is 122 Å². The van der Waals surface area contributed by atoms with Crippen LogP contribution in [0.3, 0.4) is 0 Å². The van der Waals surface area contributed by atoms with E-state index < -0.39 is 0 Å². The highest BCUT2D eigenvalue weighted by atomic mass is 79.9. The van der Waals surface area contributed by atoms with Gasteiger partial charge >= 0.3 is 0 Å². The van der Waals surface area contributed by atoms with E-state index in [2.05, 4.69) is 37.2 Å². The molecule has 0 amide bonds. The average Bonchev–Trinajstić information content (AvgIpc) is 2.31. The second-order valence-corrected chi connectivity index (χ2v) is 5.65. The van der Waals surface area contributed by atoms with Gasteiger partial charge in [-0.05, 0) is 74.7 Å². The smallest absolute Gasteiger partial charge is 0.137 e. The van der Waals surface area contributed by atoms with Crippen molar-refractivity contribution in [2.75, 3.05) is 11.1 Å². The zero-order valence-electron chi connectivity index (χ0n) is 9.60. The van der Waals surface area contributed by atoms with Crippen molar-refractivity contribution in [3.05, 3.63) is 50.7 Å². The van der Waals surface area contributed by atoms with Gasteiger partial charge in [-0.25, -0.2) is 4.39 Å². The second-order valence-electron chi connectivity index (χ2n) is 3.94. The molecule has 0 aliphatic carbocycles. The Hall–Kier alpha value is -1.07. The number of aryl methyl sites for hydroxylation is 1. The van der Waals surface area contributed by atoms with Gasteiger partial charge in [0.05, 0.1) is 10.2 Å². The zero-order chi connectivity index (χ0) is 13.3. The molecular formula is C13H11Br2FN2. The normalized spacial score (nSPS) is 10.4. The Morgan fingerprint density at radius 2 is 1.83 bits per heavy atom. The van der Waals surface area contributed by atoms with Crippen molar-refractivity contribution in [3.63, 3.8) is 0 Å². The SMILES string of the molecule is Cc1cc(Nc2ccc(F)c(Br)c2)c(Br)cc1N. The van der Waals surface area contributed by atoms with Crippen LogP contribution in [-0.4, -0.2) is 0 Å². The van der Waals surface area contributed by atoms with Crippen LogP contribution in [0.25, 0.3) is 0 Å². The molecular weight excluding hydrogens is 363 g/mol. The summed E-state index contributed by atoms with van der Waals surface area (Å²) in [5.41, 5.74) is 9.22. The Morgan fingerprint density at radius 3 is 2.50 bits per heavy atom. The topological polar surface area (TPSA) is 38.0 Å². The quantitative estimate of drug-likeness (QED) is 0.728. The van der Waals surface area contributed by atoms with E-state index in [4.69, 9.17) is 5.73 Å². The first-order chi connectivity index (χ1) is 8.47. The standard InChI is InChI=1S/C13H11Br2FN2/c1-7-4-13(10(15)6-12(7)17)18-8-2-3-11(16)9(14)5-8/h2-6,18H,17H2,1H3. The van der Waals surface area contributed by atoms with E-state index in [1.54, 1.807) is 12.1 Å². The number of nitrogens with one attached hydrogen (secondary N) is 1. The Morgan fingerprint density at radius 1 is 1.11 bits per heavy atom. The van der Waals surface area contributed by atoms with Crippen LogP contribution in [0, 0.1) is 12.7 Å². The molecule has 0 spiro atoms. The number of anilines is 3. The van der Waals surface area contributed by atoms with Gasteiger partial charge in [0.15, 0.2) is 0 Å². The lowest BCUT2D eigenvalue weighted by atomic mass is 10.2. The molecule has 18 heavy (non-hydrogen) atoms. The van der Waals surface area contributed by atoms with Crippen LogP contribution in [0.15, 0.2) is 39.3 Å². The largest absolute Gasteiger partial charge is 0.398 e. The summed E-state index contributed by atoms with van der Waals surface area (Å²) in [7, 11) is 0. The molecule has 0 bridgehead atoms. The molecule has 5 heteroatoms. The molecule has 2 rings (SSSR count). The molecule has 0 atom stereocenters. The molecule has 2 nitrogen and oxygen atoms in total. The maximum Gasteiger partial charge on any atom is 0.137 e. The molecule has 2 aromatic carbocycles. The summed E-state index contributed by atoms with van der Waals surface area (Å²) in [6.45, 7) is 1.94. The number of nitrogen functional groups attached to an aromatic ring is 1. The number of rotatable bonds is 2. The summed E-state index contributed by atoms with van der Waals surface area (Å²) in [6.07, 6.45) is 0. The molecule has 0 unspecified atom stereocenters. The summed E-state index contributed by atoms with van der Waals surface area (Å²) in [5.74, 6) is -0.284. The van der Waals surface area contributed by atoms with Crippen molar-refractivity contribution >= 4 is 48.9 Å². The minimum atomic E-state index is -0.284. The molecule has 94 valence electrons. The molecule has 0 aliphatic rings. The number of benzene rings is 2. The summed E-state index contributed by atoms with van der Waals surface area (Å²) in [5, 5.41) is 3.21. The third-order valence-corrected chi connectivity index (χ3v) is 3.82. The van der Waals surface area contributed by atoms with Crippen LogP contribution in [0.5, 0.6) is 0 Å². The molecule has 2 aromatic rings. The Kier molecular flexibility index (Phi) is 3.92. The maximum atomic E-state index is 13.1. The van der Waals surface area contributed by atoms with Crippen LogP contribution in [0.4, 0.5) is 21.5 Å². The van der Waals surface area contributed by atoms with E-state index in [1.165, 1.54) is 6.07 Å². The van der Waals surface area contributed by atoms with Gasteiger partial charge in [-0.1, -0.05) is 0 Å². The maximum absolute atomic E-state index is 13.1. The fourth-order valence-corrected chi connectivity index (χ4v) is 2.36. The van der Waals surface area contributed by atoms with Crippen molar-refractivity contribution in [1.29, 1.82) is 0 Å². The Balaban J connectivity index is 2.34. The molecule has 0 aliphatic heterocycles. The van der Waals surface area contributed by atoms with Crippen molar-refractivity contribution in [1.82, 2.24) is 0 Å². The van der Waals surface area contributed by atoms with Crippen LogP contribution in [0.1, 0.15) is 5.56 Å². The molecule has 3 N–H and O–H groups in total. The zero-order valence-corrected chi connectivity index (χ0v) is 12.8. The van der Waals surface area contributed by atoms with E-state index >= 15 is 0 Å². The van der Waals surface area contributed by atoms with Gasteiger partial charge in [0, 0.05) is 15.8 Å². The predicted octanol–water partition coefficient (Wildman–Crippen LogP) is 4.98. The van der Waals surface area contributed by atoms with Crippen LogP contribution < -0.4 is 11.1 Å². The van der Waals surface area contributed by atoms with Crippen molar-refractivity contribution in [2.24, 2.45) is 0 Å². The molecule has 0 saturated heterocycles. The highest BCUT2D eigenvalue weighted by Crippen LogP contribution is 2.31. The first-order valence-electron chi connectivity index (χ1n) is 5.25.